The molecule has 2 N–H and O–H groups in total. The van der Waals surface area contributed by atoms with E-state index in [0.29, 0.717) is 13.0 Å². The van der Waals surface area contributed by atoms with Crippen LogP contribution in [0.25, 0.3) is 0 Å². The summed E-state index contributed by atoms with van der Waals surface area (Å²) in [6.07, 6.45) is 2.03. The molecule has 0 radical (unpaired) electrons. The lowest BCUT2D eigenvalue weighted by Crippen LogP contribution is -2.11. The molecule has 0 aromatic heterocycles. The molecule has 1 aromatic carbocycles. The van der Waals surface area contributed by atoms with Crippen molar-refractivity contribution in [1.82, 2.24) is 0 Å². The number of carbonyl (C=O) groups excluding carboxylic acids is 1. The third-order valence-corrected chi connectivity index (χ3v) is 3.22. The molecule has 0 amide bonds. The number of halogens is 1. The fourth-order valence-corrected chi connectivity index (χ4v) is 1.94. The van der Waals surface area contributed by atoms with Gasteiger partial charge in [-0.1, -0.05) is 12.1 Å². The Kier molecular flexibility index (Phi) is 6.50. The molecule has 0 saturated heterocycles. The average molecular weight is 347 g/mol. The van der Waals surface area contributed by atoms with Crippen LogP contribution in [0.3, 0.4) is 0 Å². The quantitative estimate of drug-likeness (QED) is 0.636. The predicted molar refractivity (Wildman–Crippen MR) is 76.6 cm³/mol. The maximum atomic E-state index is 11.1. The van der Waals surface area contributed by atoms with E-state index in [-0.39, 0.29) is 12.0 Å². The molecule has 0 aliphatic carbocycles. The van der Waals surface area contributed by atoms with Crippen molar-refractivity contribution in [3.63, 3.8) is 0 Å². The highest BCUT2D eigenvalue weighted by molar-refractivity contribution is 14.1. The maximum Gasteiger partial charge on any atom is 0.305 e. The molecule has 1 aromatic rings. The van der Waals surface area contributed by atoms with Gasteiger partial charge in [0.1, 0.15) is 0 Å². The van der Waals surface area contributed by atoms with Crippen molar-refractivity contribution >= 4 is 28.6 Å². The summed E-state index contributed by atoms with van der Waals surface area (Å²) in [4.78, 5) is 11.1. The number of esters is 1. The van der Waals surface area contributed by atoms with Crippen molar-refractivity contribution in [3.8, 4) is 0 Å². The summed E-state index contributed by atoms with van der Waals surface area (Å²) in [5.74, 6) is -0.137. The van der Waals surface area contributed by atoms with Crippen molar-refractivity contribution < 1.29 is 9.53 Å². The van der Waals surface area contributed by atoms with Gasteiger partial charge in [0.2, 0.25) is 0 Å². The standard InChI is InChI=1S/C13H18INO2/c1-2-17-13(16)5-3-4-12(15)10-6-8-11(14)9-7-10/h6-9,12H,2-5,15H2,1H3. The Balaban J connectivity index is 2.32. The Labute approximate surface area is 116 Å². The van der Waals surface area contributed by atoms with Gasteiger partial charge in [-0.05, 0) is 60.1 Å². The van der Waals surface area contributed by atoms with Crippen molar-refractivity contribution in [2.24, 2.45) is 5.73 Å². The molecule has 0 bridgehead atoms. The molecule has 0 spiro atoms. The Morgan fingerprint density at radius 1 is 1.41 bits per heavy atom. The number of benzene rings is 1. The first-order valence-electron chi connectivity index (χ1n) is 5.80. The second-order valence-electron chi connectivity index (χ2n) is 3.86. The van der Waals surface area contributed by atoms with E-state index in [4.69, 9.17) is 10.5 Å². The minimum absolute atomic E-state index is 0.00132. The molecule has 0 aliphatic heterocycles. The number of hydrogen-bond acceptors (Lipinski definition) is 3. The molecule has 94 valence electrons. The summed E-state index contributed by atoms with van der Waals surface area (Å²) >= 11 is 2.26. The summed E-state index contributed by atoms with van der Waals surface area (Å²) in [6, 6.07) is 8.16. The number of carbonyl (C=O) groups is 1. The van der Waals surface area contributed by atoms with Gasteiger partial charge in [-0.15, -0.1) is 0 Å². The first kappa shape index (κ1) is 14.4. The molecule has 1 atom stereocenters. The van der Waals surface area contributed by atoms with E-state index in [1.165, 1.54) is 3.57 Å². The smallest absolute Gasteiger partial charge is 0.305 e. The van der Waals surface area contributed by atoms with Crippen molar-refractivity contribution in [2.45, 2.75) is 32.2 Å². The van der Waals surface area contributed by atoms with Crippen molar-refractivity contribution in [1.29, 1.82) is 0 Å². The van der Waals surface area contributed by atoms with E-state index in [1.807, 2.05) is 31.2 Å². The molecule has 0 saturated carbocycles. The van der Waals surface area contributed by atoms with E-state index in [9.17, 15) is 4.79 Å². The van der Waals surface area contributed by atoms with Gasteiger partial charge >= 0.3 is 5.97 Å². The zero-order valence-corrected chi connectivity index (χ0v) is 12.1. The largest absolute Gasteiger partial charge is 0.466 e. The van der Waals surface area contributed by atoms with E-state index < -0.39 is 0 Å². The third-order valence-electron chi connectivity index (χ3n) is 2.50. The normalized spacial score (nSPS) is 12.2. The van der Waals surface area contributed by atoms with Crippen LogP contribution < -0.4 is 5.73 Å². The fourth-order valence-electron chi connectivity index (χ4n) is 1.58. The molecule has 1 unspecified atom stereocenters. The minimum atomic E-state index is -0.137. The SMILES string of the molecule is CCOC(=O)CCCC(N)c1ccc(I)cc1. The summed E-state index contributed by atoms with van der Waals surface area (Å²) in [5, 5.41) is 0. The van der Waals surface area contributed by atoms with Crippen LogP contribution in [0.5, 0.6) is 0 Å². The van der Waals surface area contributed by atoms with Crippen LogP contribution in [0.4, 0.5) is 0 Å². The number of hydrogen-bond donors (Lipinski definition) is 1. The summed E-state index contributed by atoms with van der Waals surface area (Å²) < 4.78 is 6.06. The molecule has 3 nitrogen and oxygen atoms in total. The summed E-state index contributed by atoms with van der Waals surface area (Å²) in [7, 11) is 0. The lowest BCUT2D eigenvalue weighted by atomic mass is 10.0. The second-order valence-corrected chi connectivity index (χ2v) is 5.10. The summed E-state index contributed by atoms with van der Waals surface area (Å²) in [6.45, 7) is 2.26. The fraction of sp³-hybridized carbons (Fsp3) is 0.462. The molecule has 0 fully saturated rings. The number of ether oxygens (including phenoxy) is 1. The topological polar surface area (TPSA) is 52.3 Å². The lowest BCUT2D eigenvalue weighted by Gasteiger charge is -2.11. The molecule has 1 rings (SSSR count). The average Bonchev–Trinajstić information content (AvgIpc) is 2.30. The first-order valence-corrected chi connectivity index (χ1v) is 6.88. The monoisotopic (exact) mass is 347 g/mol. The maximum absolute atomic E-state index is 11.1. The van der Waals surface area contributed by atoms with E-state index in [1.54, 1.807) is 0 Å². The molecule has 4 heteroatoms. The van der Waals surface area contributed by atoms with Crippen molar-refractivity contribution in [2.75, 3.05) is 6.61 Å². The summed E-state index contributed by atoms with van der Waals surface area (Å²) in [5.41, 5.74) is 7.17. The Hall–Kier alpha value is -0.620. The molecular formula is C13H18INO2. The molecule has 0 aliphatic rings. The Morgan fingerprint density at radius 3 is 2.65 bits per heavy atom. The highest BCUT2D eigenvalue weighted by Gasteiger charge is 2.07. The Morgan fingerprint density at radius 2 is 2.06 bits per heavy atom. The van der Waals surface area contributed by atoms with Gasteiger partial charge in [-0.25, -0.2) is 0 Å². The van der Waals surface area contributed by atoms with Crippen LogP contribution in [0.15, 0.2) is 24.3 Å². The predicted octanol–water partition coefficient (Wildman–Crippen LogP) is 3.02. The van der Waals surface area contributed by atoms with Crippen LogP contribution in [-0.4, -0.2) is 12.6 Å². The minimum Gasteiger partial charge on any atom is -0.466 e. The second kappa shape index (κ2) is 7.66. The van der Waals surface area contributed by atoms with Gasteiger partial charge in [0, 0.05) is 16.0 Å². The van der Waals surface area contributed by atoms with Crippen LogP contribution in [0.1, 0.15) is 37.8 Å². The van der Waals surface area contributed by atoms with E-state index in [2.05, 4.69) is 22.6 Å². The third kappa shape index (κ3) is 5.50. The van der Waals surface area contributed by atoms with Gasteiger partial charge in [0.05, 0.1) is 6.61 Å². The zero-order chi connectivity index (χ0) is 12.7. The Bertz CT molecular complexity index is 351. The van der Waals surface area contributed by atoms with E-state index in [0.717, 1.165) is 18.4 Å². The van der Waals surface area contributed by atoms with Crippen LogP contribution in [0, 0.1) is 3.57 Å². The van der Waals surface area contributed by atoms with E-state index >= 15 is 0 Å². The molecule has 17 heavy (non-hydrogen) atoms. The van der Waals surface area contributed by atoms with Gasteiger partial charge in [-0.3, -0.25) is 4.79 Å². The van der Waals surface area contributed by atoms with Crippen LogP contribution in [0.2, 0.25) is 0 Å². The lowest BCUT2D eigenvalue weighted by molar-refractivity contribution is -0.143. The first-order chi connectivity index (χ1) is 8.13. The van der Waals surface area contributed by atoms with Crippen LogP contribution >= 0.6 is 22.6 Å². The highest BCUT2D eigenvalue weighted by Crippen LogP contribution is 2.18. The zero-order valence-electron chi connectivity index (χ0n) is 9.99. The van der Waals surface area contributed by atoms with Gasteiger partial charge in [0.25, 0.3) is 0 Å². The number of rotatable bonds is 6. The highest BCUT2D eigenvalue weighted by atomic mass is 127. The van der Waals surface area contributed by atoms with Crippen molar-refractivity contribution in [3.05, 3.63) is 33.4 Å². The van der Waals surface area contributed by atoms with Gasteiger partial charge in [-0.2, -0.15) is 0 Å². The van der Waals surface area contributed by atoms with Gasteiger partial charge < -0.3 is 10.5 Å². The molecule has 0 heterocycles. The van der Waals surface area contributed by atoms with Crippen LogP contribution in [-0.2, 0) is 9.53 Å². The van der Waals surface area contributed by atoms with Gasteiger partial charge in [0.15, 0.2) is 0 Å². The molecular weight excluding hydrogens is 329 g/mol. The number of nitrogens with two attached hydrogens (primary N) is 1.